The van der Waals surface area contributed by atoms with E-state index in [4.69, 9.17) is 18.9 Å². The van der Waals surface area contributed by atoms with Crippen molar-refractivity contribution in [3.05, 3.63) is 122 Å². The molecule has 0 aliphatic rings. The lowest BCUT2D eigenvalue weighted by atomic mass is 10.0. The zero-order valence-corrected chi connectivity index (χ0v) is 49.8. The third kappa shape index (κ3) is 59.2. The van der Waals surface area contributed by atoms with Gasteiger partial charge in [0.2, 0.25) is 0 Å². The Bertz CT molecular complexity index is 1670. The summed E-state index contributed by atoms with van der Waals surface area (Å²) in [4.78, 5) is 37.4. The van der Waals surface area contributed by atoms with Crippen molar-refractivity contribution in [1.29, 1.82) is 0 Å². The molecule has 0 bridgehead atoms. The van der Waals surface area contributed by atoms with Crippen LogP contribution in [0.2, 0.25) is 0 Å². The Morgan fingerprint density at radius 3 is 1.04 bits per heavy atom. The molecule has 2 unspecified atom stereocenters. The number of unbranched alkanes of at least 4 members (excludes halogenated alkanes) is 20. The van der Waals surface area contributed by atoms with Crippen LogP contribution in [-0.2, 0) is 33.3 Å². The SMILES string of the molecule is CC/C=C\C/C=C\C/C=C\C/C=C\C/C=C\C/C=C\CCCCCCCCCCCCCCC(=O)OC(COC(=O)CCCCCCCCCC/C=C\C/C=C\C/C=C\C/C=C\CC)COC(OCC[N+](C)(C)C)C(=O)[O-]. The molecule has 2 atom stereocenters. The number of allylic oxidation sites excluding steroid dienone is 20. The van der Waals surface area contributed by atoms with Crippen LogP contribution < -0.4 is 5.11 Å². The smallest absolute Gasteiger partial charge is 0.306 e. The zero-order valence-electron chi connectivity index (χ0n) is 49.8. The average molecular weight is 1070 g/mol. The number of quaternary nitrogens is 1. The first kappa shape index (κ1) is 72.7. The van der Waals surface area contributed by atoms with Crippen molar-refractivity contribution in [1.82, 2.24) is 0 Å². The Morgan fingerprint density at radius 2 is 0.701 bits per heavy atom. The van der Waals surface area contributed by atoms with Gasteiger partial charge in [0.05, 0.1) is 40.3 Å². The molecule has 438 valence electrons. The van der Waals surface area contributed by atoms with Gasteiger partial charge in [-0.25, -0.2) is 0 Å². The summed E-state index contributed by atoms with van der Waals surface area (Å²) in [5, 5.41) is 11.8. The van der Waals surface area contributed by atoms with Crippen LogP contribution in [0.15, 0.2) is 122 Å². The van der Waals surface area contributed by atoms with E-state index < -0.39 is 24.3 Å². The molecule has 0 saturated heterocycles. The lowest BCUT2D eigenvalue weighted by Gasteiger charge is -2.26. The summed E-state index contributed by atoms with van der Waals surface area (Å²) in [5.74, 6) is -2.30. The van der Waals surface area contributed by atoms with Gasteiger partial charge in [-0.05, 0) is 103 Å². The van der Waals surface area contributed by atoms with Gasteiger partial charge in [-0.1, -0.05) is 238 Å². The van der Waals surface area contributed by atoms with E-state index in [0.717, 1.165) is 116 Å². The third-order valence-electron chi connectivity index (χ3n) is 12.7. The first-order valence-electron chi connectivity index (χ1n) is 30.7. The number of carboxylic acid groups (broad SMARTS) is 1. The highest BCUT2D eigenvalue weighted by molar-refractivity contribution is 5.70. The second-order valence-electron chi connectivity index (χ2n) is 21.2. The summed E-state index contributed by atoms with van der Waals surface area (Å²) in [5.41, 5.74) is 0. The third-order valence-corrected chi connectivity index (χ3v) is 12.7. The first-order valence-corrected chi connectivity index (χ1v) is 30.7. The molecule has 0 fully saturated rings. The monoisotopic (exact) mass is 1070 g/mol. The molecule has 9 heteroatoms. The lowest BCUT2D eigenvalue weighted by Crippen LogP contribution is -2.44. The van der Waals surface area contributed by atoms with Crippen LogP contribution in [-0.4, -0.2) is 82.3 Å². The maximum Gasteiger partial charge on any atom is 0.306 e. The number of carbonyl (C=O) groups excluding carboxylic acids is 3. The minimum Gasteiger partial charge on any atom is -0.545 e. The maximum atomic E-state index is 12.9. The largest absolute Gasteiger partial charge is 0.545 e. The molecule has 0 amide bonds. The van der Waals surface area contributed by atoms with Crippen molar-refractivity contribution < 1.29 is 42.9 Å². The molecule has 77 heavy (non-hydrogen) atoms. The maximum absolute atomic E-state index is 12.9. The Balaban J connectivity index is 4.23. The molecule has 0 aromatic carbocycles. The number of hydrogen-bond acceptors (Lipinski definition) is 8. The molecule has 0 N–H and O–H groups in total. The second-order valence-corrected chi connectivity index (χ2v) is 21.2. The van der Waals surface area contributed by atoms with E-state index in [1.165, 1.54) is 83.5 Å². The van der Waals surface area contributed by atoms with Gasteiger partial charge in [-0.15, -0.1) is 0 Å². The molecule has 0 aliphatic carbocycles. The number of esters is 2. The van der Waals surface area contributed by atoms with Crippen LogP contribution in [0.4, 0.5) is 0 Å². The Hall–Kier alpha value is -4.31. The highest BCUT2D eigenvalue weighted by Gasteiger charge is 2.22. The van der Waals surface area contributed by atoms with Crippen LogP contribution in [0, 0.1) is 0 Å². The fraction of sp³-hybridized carbons (Fsp3) is 0.662. The number of rotatable bonds is 55. The summed E-state index contributed by atoms with van der Waals surface area (Å²) in [6.07, 6.45) is 78.2. The average Bonchev–Trinajstić information content (AvgIpc) is 3.40. The van der Waals surface area contributed by atoms with Gasteiger partial charge < -0.3 is 33.3 Å². The minimum atomic E-state index is -1.63. The number of aliphatic carboxylic acids is 1. The minimum absolute atomic E-state index is 0.140. The van der Waals surface area contributed by atoms with Crippen molar-refractivity contribution in [2.75, 3.05) is 47.5 Å². The van der Waals surface area contributed by atoms with E-state index in [9.17, 15) is 19.5 Å². The van der Waals surface area contributed by atoms with E-state index in [-0.39, 0.29) is 38.6 Å². The standard InChI is InChI=1S/C68H113NO8/c1-6-8-10-12-14-16-18-20-22-24-26-28-29-30-31-32-33-34-35-36-37-39-41-43-45-47-49-51-53-55-57-59-66(71)77-64(63-76-68(67(72)73)74-61-60-69(3,4)5)62-75-65(70)58-56-54-52-50-48-46-44-42-40-38-27-25-23-21-19-17-15-13-11-9-7-2/h8-11,14-17,20-23,26-28,30-31,33-34,38,64,68H,6-7,12-13,18-19,24-25,29,32,35-37,39-63H2,1-5H3/b10-8-,11-9-,16-14-,17-15-,22-20-,23-21-,28-26-,31-30-,34-33-,38-27-. The number of carbonyl (C=O) groups is 3. The van der Waals surface area contributed by atoms with Crippen molar-refractivity contribution in [3.63, 3.8) is 0 Å². The lowest BCUT2D eigenvalue weighted by molar-refractivity contribution is -0.870. The van der Waals surface area contributed by atoms with Crippen LogP contribution in [0.1, 0.15) is 232 Å². The summed E-state index contributed by atoms with van der Waals surface area (Å²) in [7, 11) is 5.91. The molecule has 0 rings (SSSR count). The number of ether oxygens (including phenoxy) is 4. The second kappa shape index (κ2) is 57.9. The van der Waals surface area contributed by atoms with E-state index in [2.05, 4.69) is 135 Å². The zero-order chi connectivity index (χ0) is 56.2. The molecule has 0 saturated carbocycles. The number of nitrogens with zero attached hydrogens (tertiary/aromatic N) is 1. The summed E-state index contributed by atoms with van der Waals surface area (Å²) in [6, 6.07) is 0. The molecular formula is C68H113NO8. The Morgan fingerprint density at radius 1 is 0.390 bits per heavy atom. The number of likely N-dealkylation sites (N-methyl/N-ethyl adjacent to an activating group) is 1. The summed E-state index contributed by atoms with van der Waals surface area (Å²) in [6.45, 7) is 4.50. The first-order chi connectivity index (χ1) is 37.6. The summed E-state index contributed by atoms with van der Waals surface area (Å²) < 4.78 is 22.7. The van der Waals surface area contributed by atoms with Crippen molar-refractivity contribution in [2.24, 2.45) is 0 Å². The van der Waals surface area contributed by atoms with E-state index in [1.807, 2.05) is 21.1 Å². The molecule has 0 aromatic rings. The molecule has 0 spiro atoms. The predicted octanol–water partition coefficient (Wildman–Crippen LogP) is 17.1. The van der Waals surface area contributed by atoms with Gasteiger partial charge in [0.15, 0.2) is 12.4 Å². The van der Waals surface area contributed by atoms with E-state index in [1.54, 1.807) is 0 Å². The van der Waals surface area contributed by atoms with Crippen LogP contribution in [0.3, 0.4) is 0 Å². The van der Waals surface area contributed by atoms with Gasteiger partial charge in [-0.2, -0.15) is 0 Å². The molecule has 0 heterocycles. The fourth-order valence-electron chi connectivity index (χ4n) is 8.06. The summed E-state index contributed by atoms with van der Waals surface area (Å²) >= 11 is 0. The van der Waals surface area contributed by atoms with Gasteiger partial charge in [0.25, 0.3) is 0 Å². The normalized spacial score (nSPS) is 13.6. The Labute approximate surface area is 472 Å². The van der Waals surface area contributed by atoms with Crippen LogP contribution in [0.5, 0.6) is 0 Å². The van der Waals surface area contributed by atoms with Crippen LogP contribution in [0.25, 0.3) is 0 Å². The highest BCUT2D eigenvalue weighted by Crippen LogP contribution is 2.15. The molecular weight excluding hydrogens is 959 g/mol. The molecule has 0 aromatic heterocycles. The van der Waals surface area contributed by atoms with E-state index >= 15 is 0 Å². The molecule has 0 aliphatic heterocycles. The van der Waals surface area contributed by atoms with Crippen molar-refractivity contribution >= 4 is 17.9 Å². The topological polar surface area (TPSA) is 111 Å². The van der Waals surface area contributed by atoms with Gasteiger partial charge in [0.1, 0.15) is 13.2 Å². The van der Waals surface area contributed by atoms with Gasteiger partial charge >= 0.3 is 11.9 Å². The number of hydrogen-bond donors (Lipinski definition) is 0. The van der Waals surface area contributed by atoms with Crippen LogP contribution >= 0.6 is 0 Å². The Kier molecular flexibility index (Phi) is 54.6. The van der Waals surface area contributed by atoms with Crippen molar-refractivity contribution in [3.8, 4) is 0 Å². The quantitative estimate of drug-likeness (QED) is 0.0195. The van der Waals surface area contributed by atoms with E-state index in [0.29, 0.717) is 17.4 Å². The van der Waals surface area contributed by atoms with Crippen molar-refractivity contribution in [2.45, 2.75) is 245 Å². The predicted molar refractivity (Wildman–Crippen MR) is 324 cm³/mol. The molecule has 9 nitrogen and oxygen atoms in total. The highest BCUT2D eigenvalue weighted by atomic mass is 16.7. The fourth-order valence-corrected chi connectivity index (χ4v) is 8.06. The number of carboxylic acids is 1. The molecule has 0 radical (unpaired) electrons. The van der Waals surface area contributed by atoms with Gasteiger partial charge in [-0.3, -0.25) is 9.59 Å². The van der Waals surface area contributed by atoms with Gasteiger partial charge in [0, 0.05) is 12.8 Å².